The number of esters is 1. The van der Waals surface area contributed by atoms with Gasteiger partial charge in [-0.1, -0.05) is 41.9 Å². The summed E-state index contributed by atoms with van der Waals surface area (Å²) in [6.07, 6.45) is 1.27. The first-order valence-corrected chi connectivity index (χ1v) is 18.1. The van der Waals surface area contributed by atoms with Crippen LogP contribution in [0.5, 0.6) is 5.75 Å². The van der Waals surface area contributed by atoms with Crippen molar-refractivity contribution in [3.8, 4) is 16.9 Å². The van der Waals surface area contributed by atoms with E-state index in [4.69, 9.17) is 31.3 Å². The monoisotopic (exact) mass is 712 g/mol. The fourth-order valence-electron chi connectivity index (χ4n) is 7.22. The Hall–Kier alpha value is -4.29. The van der Waals surface area contributed by atoms with Crippen LogP contribution in [0.4, 0.5) is 0 Å². The second-order valence-electron chi connectivity index (χ2n) is 12.9. The molecule has 7 rings (SSSR count). The molecule has 1 aliphatic heterocycles. The van der Waals surface area contributed by atoms with Gasteiger partial charge in [-0.2, -0.15) is 10.2 Å². The summed E-state index contributed by atoms with van der Waals surface area (Å²) in [5, 5.41) is 23.4. The Morgan fingerprint density at radius 2 is 1.86 bits per heavy atom. The van der Waals surface area contributed by atoms with Crippen LogP contribution in [0.2, 0.25) is 5.02 Å². The van der Waals surface area contributed by atoms with Crippen LogP contribution in [0.15, 0.2) is 59.5 Å². The normalized spacial score (nSPS) is 14.5. The van der Waals surface area contributed by atoms with Crippen LogP contribution in [0.3, 0.4) is 0 Å². The number of methoxy groups -OCH3 is 1. The molecule has 0 spiro atoms. The highest BCUT2D eigenvalue weighted by atomic mass is 35.5. The maximum atomic E-state index is 13.4. The minimum atomic E-state index is -0.408. The van der Waals surface area contributed by atoms with Gasteiger partial charge in [0.1, 0.15) is 11.4 Å². The molecule has 0 radical (unpaired) electrons. The number of aliphatic hydroxyl groups is 1. The van der Waals surface area contributed by atoms with E-state index in [2.05, 4.69) is 42.3 Å². The molecule has 0 saturated carbocycles. The molecule has 0 saturated heterocycles. The molecule has 260 valence electrons. The lowest BCUT2D eigenvalue weighted by Crippen LogP contribution is -2.19. The Morgan fingerprint density at radius 3 is 2.66 bits per heavy atom. The van der Waals surface area contributed by atoms with Crippen molar-refractivity contribution in [3.05, 3.63) is 93.7 Å². The number of thioether (sulfide) groups is 1. The third kappa shape index (κ3) is 6.28. The molecule has 8 bridgehead atoms. The van der Waals surface area contributed by atoms with Crippen LogP contribution in [-0.2, 0) is 50.6 Å². The first-order chi connectivity index (χ1) is 24.2. The molecule has 0 amide bonds. The number of halogens is 1. The highest BCUT2D eigenvalue weighted by Gasteiger charge is 2.28. The first-order valence-electron chi connectivity index (χ1n) is 16.7. The lowest BCUT2D eigenvalue weighted by atomic mass is 9.97. The quantitative estimate of drug-likeness (QED) is 0.198. The second kappa shape index (κ2) is 14.1. The van der Waals surface area contributed by atoms with Gasteiger partial charge < -0.3 is 19.1 Å². The van der Waals surface area contributed by atoms with Gasteiger partial charge in [0, 0.05) is 71.1 Å². The third-order valence-electron chi connectivity index (χ3n) is 9.52. The maximum absolute atomic E-state index is 13.4. The van der Waals surface area contributed by atoms with E-state index in [1.54, 1.807) is 11.8 Å². The van der Waals surface area contributed by atoms with Crippen LogP contribution in [0.25, 0.3) is 32.8 Å². The first kappa shape index (κ1) is 34.2. The number of ether oxygens (including phenoxy) is 2. The summed E-state index contributed by atoms with van der Waals surface area (Å²) in [6, 6.07) is 18.7. The molecule has 3 aromatic heterocycles. The number of carbonyl (C=O) groups is 1. The molecule has 6 aromatic rings. The number of carbonyl (C=O) groups excluding carboxylic acids is 1. The Balaban J connectivity index is 1.39. The maximum Gasteiger partial charge on any atom is 0.354 e. The zero-order chi connectivity index (χ0) is 35.1. The van der Waals surface area contributed by atoms with Gasteiger partial charge in [0.15, 0.2) is 0 Å². The van der Waals surface area contributed by atoms with Crippen molar-refractivity contribution in [2.45, 2.75) is 50.0 Å². The largest absolute Gasteiger partial charge is 0.493 e. The van der Waals surface area contributed by atoms with Crippen molar-refractivity contribution in [2.24, 2.45) is 14.1 Å². The standard InChI is InChI=1S/C38H41ClN6O4S/c1-23-34-32(41-45(23)14-15-46)21-42(2)20-25-18-26(44(4)40-25)22-50-27-17-24-9-6-7-10-28(24)33(19-27)49-16-8-11-29-30-12-13-31(39)35(34)36(30)43(3)37(29)38(47)48-5/h6-7,9-10,12-13,17-19,46H,8,11,14-16,20-22H2,1-5H3. The number of aromatic nitrogens is 5. The second-order valence-corrected chi connectivity index (χ2v) is 14.3. The van der Waals surface area contributed by atoms with E-state index in [0.717, 1.165) is 77.5 Å². The van der Waals surface area contributed by atoms with Crippen molar-refractivity contribution in [3.63, 3.8) is 0 Å². The van der Waals surface area contributed by atoms with Crippen molar-refractivity contribution in [1.29, 1.82) is 0 Å². The lowest BCUT2D eigenvalue weighted by Gasteiger charge is -2.16. The van der Waals surface area contributed by atoms with Crippen LogP contribution < -0.4 is 4.74 Å². The van der Waals surface area contributed by atoms with E-state index < -0.39 is 5.97 Å². The van der Waals surface area contributed by atoms with Gasteiger partial charge in [0.2, 0.25) is 0 Å². The minimum absolute atomic E-state index is 0.0495. The summed E-state index contributed by atoms with van der Waals surface area (Å²) < 4.78 is 17.5. The van der Waals surface area contributed by atoms with Crippen molar-refractivity contribution in [2.75, 3.05) is 27.4 Å². The number of hydrogen-bond acceptors (Lipinski definition) is 8. The number of rotatable bonds is 3. The fraction of sp³-hybridized carbons (Fsp3) is 0.342. The van der Waals surface area contributed by atoms with Crippen LogP contribution in [0, 0.1) is 6.92 Å². The van der Waals surface area contributed by atoms with E-state index in [0.29, 0.717) is 49.8 Å². The number of aryl methyl sites for hydroxylation is 3. The van der Waals surface area contributed by atoms with Gasteiger partial charge in [-0.25, -0.2) is 4.79 Å². The predicted octanol–water partition coefficient (Wildman–Crippen LogP) is 6.92. The van der Waals surface area contributed by atoms with Crippen molar-refractivity contribution in [1.82, 2.24) is 29.0 Å². The molecule has 12 heteroatoms. The topological polar surface area (TPSA) is 99.6 Å². The Bertz CT molecular complexity index is 2240. The van der Waals surface area contributed by atoms with Crippen molar-refractivity contribution < 1.29 is 19.4 Å². The average Bonchev–Trinajstić information content (AvgIpc) is 3.70. The predicted molar refractivity (Wildman–Crippen MR) is 198 cm³/mol. The summed E-state index contributed by atoms with van der Waals surface area (Å²) in [4.78, 5) is 16.7. The summed E-state index contributed by atoms with van der Waals surface area (Å²) in [5.41, 5.74) is 7.70. The highest BCUT2D eigenvalue weighted by Crippen LogP contribution is 2.42. The third-order valence-corrected chi connectivity index (χ3v) is 10.8. The van der Waals surface area contributed by atoms with Gasteiger partial charge in [0.05, 0.1) is 48.8 Å². The number of benzene rings is 3. The van der Waals surface area contributed by atoms with Gasteiger partial charge in [-0.05, 0) is 62.0 Å². The van der Waals surface area contributed by atoms with Crippen LogP contribution in [0.1, 0.15) is 45.2 Å². The van der Waals surface area contributed by atoms with Crippen LogP contribution >= 0.6 is 23.4 Å². The summed E-state index contributed by atoms with van der Waals surface area (Å²) in [5.74, 6) is 1.19. The Morgan fingerprint density at radius 1 is 1.04 bits per heavy atom. The summed E-state index contributed by atoms with van der Waals surface area (Å²) in [6.45, 7) is 3.88. The SMILES string of the molecule is COC(=O)c1c2c3ccc(Cl)c(c3n1C)-c1c(nn(CCO)c1C)CN(C)Cc1cc(n(C)n1)CSc1cc(c3ccccc3c1)OCCC2. The Labute approximate surface area is 300 Å². The van der Waals surface area contributed by atoms with Gasteiger partial charge in [-0.15, -0.1) is 11.8 Å². The van der Waals surface area contributed by atoms with E-state index in [1.807, 2.05) is 59.2 Å². The highest BCUT2D eigenvalue weighted by molar-refractivity contribution is 7.98. The number of aliphatic hydroxyl groups excluding tert-OH is 1. The van der Waals surface area contributed by atoms with E-state index in [9.17, 15) is 9.90 Å². The minimum Gasteiger partial charge on any atom is -0.493 e. The molecular weight excluding hydrogens is 672 g/mol. The zero-order valence-corrected chi connectivity index (χ0v) is 30.6. The molecule has 10 nitrogen and oxygen atoms in total. The van der Waals surface area contributed by atoms with Gasteiger partial charge >= 0.3 is 5.97 Å². The lowest BCUT2D eigenvalue weighted by molar-refractivity contribution is 0.0589. The summed E-state index contributed by atoms with van der Waals surface area (Å²) in [7, 11) is 7.34. The molecular formula is C38H41ClN6O4S. The zero-order valence-electron chi connectivity index (χ0n) is 29.0. The molecule has 3 aromatic carbocycles. The number of fused-ring (bicyclic) bond motifs is 8. The molecule has 0 atom stereocenters. The van der Waals surface area contributed by atoms with E-state index in [1.165, 1.54) is 7.11 Å². The molecule has 1 N–H and O–H groups in total. The molecule has 50 heavy (non-hydrogen) atoms. The van der Waals surface area contributed by atoms with Crippen molar-refractivity contribution >= 4 is 51.0 Å². The molecule has 0 fully saturated rings. The van der Waals surface area contributed by atoms with Crippen LogP contribution in [-0.4, -0.2) is 67.5 Å². The smallest absolute Gasteiger partial charge is 0.354 e. The molecule has 0 unspecified atom stereocenters. The number of hydrogen-bond donors (Lipinski definition) is 1. The number of nitrogens with zero attached hydrogens (tertiary/aromatic N) is 6. The summed E-state index contributed by atoms with van der Waals surface area (Å²) >= 11 is 8.86. The van der Waals surface area contributed by atoms with Gasteiger partial charge in [-0.3, -0.25) is 14.3 Å². The van der Waals surface area contributed by atoms with E-state index in [-0.39, 0.29) is 6.61 Å². The fourth-order valence-corrected chi connectivity index (χ4v) is 8.45. The molecule has 0 aliphatic carbocycles. The Kier molecular flexibility index (Phi) is 9.67. The molecule has 4 heterocycles. The van der Waals surface area contributed by atoms with Gasteiger partial charge in [0.25, 0.3) is 0 Å². The average molecular weight is 713 g/mol. The molecule has 1 aliphatic rings. The van der Waals surface area contributed by atoms with E-state index >= 15 is 0 Å².